The van der Waals surface area contributed by atoms with Gasteiger partial charge in [-0.05, 0) is 58.5 Å². The van der Waals surface area contributed by atoms with Gasteiger partial charge in [0.15, 0.2) is 4.67 Å². The Balaban J connectivity index is 1.76. The Morgan fingerprint density at radius 2 is 2.24 bits per heavy atom. The van der Waals surface area contributed by atoms with Crippen molar-refractivity contribution in [3.8, 4) is 0 Å². The maximum Gasteiger partial charge on any atom is 0.274 e. The van der Waals surface area contributed by atoms with E-state index >= 15 is 0 Å². The fraction of sp³-hybridized carbons (Fsp3) is 0.0625. The number of guanidine groups is 1. The molecule has 0 unspecified atom stereocenters. The number of benzene rings is 1. The van der Waals surface area contributed by atoms with Crippen molar-refractivity contribution < 1.29 is 9.21 Å². The van der Waals surface area contributed by atoms with Crippen LogP contribution in [-0.4, -0.2) is 28.9 Å². The van der Waals surface area contributed by atoms with Crippen LogP contribution in [0.3, 0.4) is 0 Å². The molecule has 0 atom stereocenters. The first-order valence-corrected chi connectivity index (χ1v) is 8.67. The lowest BCUT2D eigenvalue weighted by Gasteiger charge is -2.11. The smallest absolute Gasteiger partial charge is 0.274 e. The summed E-state index contributed by atoms with van der Waals surface area (Å²) < 4.78 is 5.98. The molecule has 0 radical (unpaired) electrons. The third-order valence-corrected chi connectivity index (χ3v) is 4.15. The van der Waals surface area contributed by atoms with E-state index in [-0.39, 0.29) is 11.0 Å². The predicted octanol–water partition coefficient (Wildman–Crippen LogP) is 3.85. The maximum atomic E-state index is 12.2. The molecule has 1 aromatic heterocycles. The van der Waals surface area contributed by atoms with Crippen LogP contribution in [0.1, 0.15) is 5.76 Å². The third-order valence-electron chi connectivity index (χ3n) is 3.29. The highest BCUT2D eigenvalue weighted by Gasteiger charge is 2.29. The van der Waals surface area contributed by atoms with Gasteiger partial charge in [-0.1, -0.05) is 17.7 Å². The number of aliphatic imine (C=N–C) groups is 1. The molecule has 128 valence electrons. The number of carbonyl (C=O) groups excluding carboxylic acids is 1. The molecule has 3 rings (SSSR count). The molecule has 2 aromatic rings. The molecule has 0 bridgehead atoms. The monoisotopic (exact) mass is 438 g/mol. The Kier molecular flexibility index (Phi) is 5.22. The van der Waals surface area contributed by atoms with Crippen LogP contribution in [0.25, 0.3) is 6.08 Å². The van der Waals surface area contributed by atoms with Crippen LogP contribution in [-0.2, 0) is 4.79 Å². The molecule has 2 heterocycles. The fourth-order valence-corrected chi connectivity index (χ4v) is 2.85. The van der Waals surface area contributed by atoms with Crippen molar-refractivity contribution in [3.05, 3.63) is 57.5 Å². The van der Waals surface area contributed by atoms with Gasteiger partial charge in [0.2, 0.25) is 11.1 Å². The fourth-order valence-electron chi connectivity index (χ4n) is 2.14. The number of thiocarbonyl (C=S) groups is 1. The SMILES string of the molecule is CN1/C(=C/c2ccc(Br)o2)C(=O)N/C1=N\C(=S)Nc1cccc(Cl)c1. The molecular weight excluding hydrogens is 428 g/mol. The zero-order chi connectivity index (χ0) is 18.0. The average Bonchev–Trinajstić information content (AvgIpc) is 3.06. The van der Waals surface area contributed by atoms with Crippen molar-refractivity contribution in [2.45, 2.75) is 0 Å². The van der Waals surface area contributed by atoms with E-state index in [1.807, 2.05) is 6.07 Å². The van der Waals surface area contributed by atoms with E-state index in [4.69, 9.17) is 28.2 Å². The highest BCUT2D eigenvalue weighted by atomic mass is 79.9. The number of nitrogens with zero attached hydrogens (tertiary/aromatic N) is 2. The summed E-state index contributed by atoms with van der Waals surface area (Å²) in [5.74, 6) is 0.575. The van der Waals surface area contributed by atoms with Crippen LogP contribution in [0.4, 0.5) is 5.69 Å². The molecule has 25 heavy (non-hydrogen) atoms. The van der Waals surface area contributed by atoms with Crippen molar-refractivity contribution >= 4 is 68.5 Å². The van der Waals surface area contributed by atoms with E-state index in [2.05, 4.69) is 31.6 Å². The molecule has 1 aromatic carbocycles. The van der Waals surface area contributed by atoms with Gasteiger partial charge in [0, 0.05) is 23.8 Å². The van der Waals surface area contributed by atoms with Crippen molar-refractivity contribution in [3.63, 3.8) is 0 Å². The minimum Gasteiger partial charge on any atom is -0.450 e. The molecule has 6 nitrogen and oxygen atoms in total. The summed E-state index contributed by atoms with van der Waals surface area (Å²) in [4.78, 5) is 18.0. The molecule has 0 spiro atoms. The van der Waals surface area contributed by atoms with Gasteiger partial charge in [-0.25, -0.2) is 0 Å². The predicted molar refractivity (Wildman–Crippen MR) is 105 cm³/mol. The Morgan fingerprint density at radius 1 is 1.44 bits per heavy atom. The van der Waals surface area contributed by atoms with Crippen molar-refractivity contribution in [1.82, 2.24) is 10.2 Å². The molecule has 1 fully saturated rings. The van der Waals surface area contributed by atoms with Gasteiger partial charge in [-0.15, -0.1) is 0 Å². The number of rotatable bonds is 2. The van der Waals surface area contributed by atoms with Crippen molar-refractivity contribution in [2.75, 3.05) is 12.4 Å². The molecule has 1 amide bonds. The molecule has 0 aliphatic carbocycles. The number of amides is 1. The summed E-state index contributed by atoms with van der Waals surface area (Å²) in [6, 6.07) is 10.6. The quantitative estimate of drug-likeness (QED) is 0.549. The lowest BCUT2D eigenvalue weighted by atomic mass is 10.3. The first-order chi connectivity index (χ1) is 11.9. The average molecular weight is 440 g/mol. The van der Waals surface area contributed by atoms with E-state index in [9.17, 15) is 4.79 Å². The molecule has 1 aliphatic heterocycles. The van der Waals surface area contributed by atoms with Gasteiger partial charge in [-0.3, -0.25) is 10.1 Å². The Hall–Kier alpha value is -2.16. The molecule has 2 N–H and O–H groups in total. The molecule has 1 saturated heterocycles. The lowest BCUT2D eigenvalue weighted by molar-refractivity contribution is -0.115. The lowest BCUT2D eigenvalue weighted by Crippen LogP contribution is -2.29. The number of hydrogen-bond acceptors (Lipinski definition) is 3. The Bertz CT molecular complexity index is 909. The van der Waals surface area contributed by atoms with Crippen LogP contribution in [0.15, 0.2) is 56.2 Å². The molecule has 1 aliphatic rings. The Morgan fingerprint density at radius 3 is 2.92 bits per heavy atom. The first kappa shape index (κ1) is 17.7. The van der Waals surface area contributed by atoms with Gasteiger partial charge in [-0.2, -0.15) is 4.99 Å². The summed E-state index contributed by atoms with van der Waals surface area (Å²) in [5, 5.41) is 6.41. The highest BCUT2D eigenvalue weighted by molar-refractivity contribution is 9.10. The van der Waals surface area contributed by atoms with Gasteiger partial charge in [0.1, 0.15) is 11.5 Å². The zero-order valence-corrected chi connectivity index (χ0v) is 16.1. The number of furan rings is 1. The van der Waals surface area contributed by atoms with E-state index < -0.39 is 0 Å². The standard InChI is InChI=1S/C16H12BrClN4O2S/c1-22-12(8-11-5-6-13(17)24-11)14(23)20-15(22)21-16(25)19-10-4-2-3-9(18)7-10/h2-8H,1H3,(H2,19,20,21,23,25)/b12-8+. The third kappa shape index (κ3) is 4.28. The van der Waals surface area contributed by atoms with Gasteiger partial charge < -0.3 is 14.6 Å². The maximum absolute atomic E-state index is 12.2. The van der Waals surface area contributed by atoms with Crippen LogP contribution in [0.2, 0.25) is 5.02 Å². The highest BCUT2D eigenvalue weighted by Crippen LogP contribution is 2.20. The summed E-state index contributed by atoms with van der Waals surface area (Å²) in [6.45, 7) is 0. The van der Waals surface area contributed by atoms with Crippen molar-refractivity contribution in [2.24, 2.45) is 4.99 Å². The van der Waals surface area contributed by atoms with Gasteiger partial charge >= 0.3 is 0 Å². The van der Waals surface area contributed by atoms with Gasteiger partial charge in [0.25, 0.3) is 5.91 Å². The first-order valence-electron chi connectivity index (χ1n) is 7.10. The second kappa shape index (κ2) is 7.38. The largest absolute Gasteiger partial charge is 0.450 e. The van der Waals surface area contributed by atoms with Crippen LogP contribution >= 0.6 is 39.7 Å². The normalized spacial score (nSPS) is 17.2. The van der Waals surface area contributed by atoms with E-state index in [1.165, 1.54) is 0 Å². The summed E-state index contributed by atoms with van der Waals surface area (Å²) in [5.41, 5.74) is 1.11. The minimum atomic E-state index is -0.292. The number of hydrogen-bond donors (Lipinski definition) is 2. The molecular formula is C16H12BrClN4O2S. The number of likely N-dealkylation sites (N-methyl/N-ethyl adjacent to an activating group) is 1. The van der Waals surface area contributed by atoms with Crippen LogP contribution in [0.5, 0.6) is 0 Å². The number of halogens is 2. The summed E-state index contributed by atoms with van der Waals surface area (Å²) >= 11 is 14.4. The summed E-state index contributed by atoms with van der Waals surface area (Å²) in [7, 11) is 1.71. The van der Waals surface area contributed by atoms with Crippen molar-refractivity contribution in [1.29, 1.82) is 0 Å². The topological polar surface area (TPSA) is 69.9 Å². The minimum absolute atomic E-state index is 0.200. The van der Waals surface area contributed by atoms with Crippen LogP contribution < -0.4 is 10.6 Å². The molecule has 0 saturated carbocycles. The number of carbonyl (C=O) groups is 1. The second-order valence-electron chi connectivity index (χ2n) is 5.06. The summed E-state index contributed by atoms with van der Waals surface area (Å²) in [6.07, 6.45) is 1.62. The van der Waals surface area contributed by atoms with E-state index in [0.717, 1.165) is 0 Å². The molecule has 9 heteroatoms. The van der Waals surface area contributed by atoms with Gasteiger partial charge in [0.05, 0.1) is 0 Å². The Labute approximate surface area is 162 Å². The number of anilines is 1. The van der Waals surface area contributed by atoms with Crippen LogP contribution in [0, 0.1) is 0 Å². The second-order valence-corrected chi connectivity index (χ2v) is 6.67. The van der Waals surface area contributed by atoms with E-state index in [1.54, 1.807) is 48.4 Å². The number of nitrogens with one attached hydrogen (secondary N) is 2. The van der Waals surface area contributed by atoms with E-state index in [0.29, 0.717) is 32.8 Å². The zero-order valence-electron chi connectivity index (χ0n) is 12.9.